The molecule has 0 aliphatic carbocycles. The number of halogens is 1. The second kappa shape index (κ2) is 10.1. The van der Waals surface area contributed by atoms with Crippen molar-refractivity contribution in [3.05, 3.63) is 95.9 Å². The lowest BCUT2D eigenvalue weighted by Crippen LogP contribution is -2.29. The fourth-order valence-corrected chi connectivity index (χ4v) is 5.48. The highest BCUT2D eigenvalue weighted by Crippen LogP contribution is 2.32. The Morgan fingerprint density at radius 3 is 2.49 bits per heavy atom. The van der Waals surface area contributed by atoms with Crippen LogP contribution in [0.2, 0.25) is 0 Å². The Hall–Kier alpha value is -4.04. The average Bonchev–Trinajstić information content (AvgIpc) is 3.61. The molecular weight excluding hydrogens is 485 g/mol. The number of piperidine rings is 1. The Bertz CT molecular complexity index is 1510. The lowest BCUT2D eigenvalue weighted by Gasteiger charge is -2.28. The molecule has 0 bridgehead atoms. The number of benzene rings is 3. The number of anilines is 2. The van der Waals surface area contributed by atoms with Crippen LogP contribution in [0.1, 0.15) is 30.9 Å². The molecule has 6 rings (SSSR count). The molecule has 37 heavy (non-hydrogen) atoms. The van der Waals surface area contributed by atoms with E-state index < -0.39 is 11.9 Å². The second-order valence-corrected chi connectivity index (χ2v) is 10.1. The first-order chi connectivity index (χ1) is 18.2. The third-order valence-corrected chi connectivity index (χ3v) is 7.51. The molecule has 1 amide bonds. The summed E-state index contributed by atoms with van der Waals surface area (Å²) in [4.78, 5) is 19.9. The second-order valence-electron chi connectivity index (χ2n) is 9.21. The van der Waals surface area contributed by atoms with Gasteiger partial charge < -0.3 is 4.90 Å². The molecule has 1 atom stereocenters. The first kappa shape index (κ1) is 23.4. The van der Waals surface area contributed by atoms with E-state index in [9.17, 15) is 4.79 Å². The molecule has 186 valence electrons. The third-order valence-electron chi connectivity index (χ3n) is 6.82. The van der Waals surface area contributed by atoms with Crippen molar-refractivity contribution in [3.63, 3.8) is 0 Å². The largest absolute Gasteiger partial charge is 0.372 e. The molecule has 0 saturated carbocycles. The van der Waals surface area contributed by atoms with Gasteiger partial charge in [0.15, 0.2) is 17.0 Å². The normalized spacial score (nSPS) is 14.6. The molecular formula is C29H26FN5OS. The number of hydrogen-bond donors (Lipinski definition) is 1. The number of thiazole rings is 1. The fourth-order valence-electron chi connectivity index (χ4n) is 4.95. The van der Waals surface area contributed by atoms with Gasteiger partial charge in [0.1, 0.15) is 5.52 Å². The molecule has 8 heteroatoms. The number of fused-ring (bicyclic) bond motifs is 1. The first-order valence-electron chi connectivity index (χ1n) is 12.5. The molecule has 5 aromatic rings. The summed E-state index contributed by atoms with van der Waals surface area (Å²) in [6.45, 7) is 2.13. The maximum Gasteiger partial charge on any atom is 0.255 e. The third kappa shape index (κ3) is 4.72. The van der Waals surface area contributed by atoms with Gasteiger partial charge in [0.05, 0.1) is 0 Å². The number of hydrogen-bond acceptors (Lipinski definition) is 5. The average molecular weight is 512 g/mol. The highest BCUT2D eigenvalue weighted by Gasteiger charge is 2.26. The Labute approximate surface area is 218 Å². The summed E-state index contributed by atoms with van der Waals surface area (Å²) < 4.78 is 17.3. The molecule has 2 aromatic heterocycles. The summed E-state index contributed by atoms with van der Waals surface area (Å²) in [7, 11) is 0. The predicted molar refractivity (Wildman–Crippen MR) is 147 cm³/mol. The summed E-state index contributed by atoms with van der Waals surface area (Å²) in [5.74, 6) is -0.683. The van der Waals surface area contributed by atoms with Gasteiger partial charge in [-0.3, -0.25) is 14.8 Å². The van der Waals surface area contributed by atoms with Crippen LogP contribution >= 0.6 is 11.3 Å². The molecule has 6 nitrogen and oxygen atoms in total. The van der Waals surface area contributed by atoms with Gasteiger partial charge in [-0.1, -0.05) is 54.6 Å². The van der Waals surface area contributed by atoms with Gasteiger partial charge in [-0.05, 0) is 42.5 Å². The monoisotopic (exact) mass is 511 g/mol. The first-order valence-corrected chi connectivity index (χ1v) is 13.3. The number of amides is 1. The van der Waals surface area contributed by atoms with Crippen LogP contribution in [0, 0.1) is 5.82 Å². The van der Waals surface area contributed by atoms with Crippen molar-refractivity contribution < 1.29 is 9.18 Å². The molecule has 1 N–H and O–H groups in total. The molecule has 0 spiro atoms. The SMILES string of the molecule is O=C(Nc1nccs1)C(c1ccccc1)n1cc2ccc(-c3ccc(N4CCCCC4)cc3)c(F)c2n1. The number of rotatable bonds is 6. The highest BCUT2D eigenvalue weighted by atomic mass is 32.1. The highest BCUT2D eigenvalue weighted by molar-refractivity contribution is 7.13. The van der Waals surface area contributed by atoms with Crippen molar-refractivity contribution in [3.8, 4) is 11.1 Å². The smallest absolute Gasteiger partial charge is 0.255 e. The summed E-state index contributed by atoms with van der Waals surface area (Å²) in [5.41, 5.74) is 3.45. The predicted octanol–water partition coefficient (Wildman–Crippen LogP) is 6.52. The van der Waals surface area contributed by atoms with Crippen molar-refractivity contribution in [2.75, 3.05) is 23.3 Å². The van der Waals surface area contributed by atoms with Gasteiger partial charge in [0, 0.05) is 47.5 Å². The number of aromatic nitrogens is 3. The van der Waals surface area contributed by atoms with E-state index in [2.05, 4.69) is 32.4 Å². The Morgan fingerprint density at radius 1 is 0.973 bits per heavy atom. The number of nitrogens with one attached hydrogen (secondary N) is 1. The minimum absolute atomic E-state index is 0.237. The topological polar surface area (TPSA) is 63.1 Å². The number of carbonyl (C=O) groups is 1. The van der Waals surface area contributed by atoms with E-state index in [0.29, 0.717) is 16.1 Å². The van der Waals surface area contributed by atoms with Crippen LogP contribution in [0.25, 0.3) is 22.0 Å². The zero-order valence-electron chi connectivity index (χ0n) is 20.2. The van der Waals surface area contributed by atoms with Gasteiger partial charge in [0.2, 0.25) is 0 Å². The van der Waals surface area contributed by atoms with Gasteiger partial charge in [-0.25, -0.2) is 9.37 Å². The van der Waals surface area contributed by atoms with Gasteiger partial charge in [-0.15, -0.1) is 11.3 Å². The molecule has 3 aromatic carbocycles. The molecule has 1 saturated heterocycles. The van der Waals surface area contributed by atoms with Crippen LogP contribution in [0.5, 0.6) is 0 Å². The van der Waals surface area contributed by atoms with Crippen molar-refractivity contribution >= 4 is 39.0 Å². The summed E-state index contributed by atoms with van der Waals surface area (Å²) in [5, 5.41) is 10.4. The van der Waals surface area contributed by atoms with E-state index in [0.717, 1.165) is 24.2 Å². The molecule has 3 heterocycles. The van der Waals surface area contributed by atoms with E-state index in [4.69, 9.17) is 0 Å². The standard InChI is InChI=1S/C29H26FN5OS/c30-25-24(20-9-12-23(13-10-20)34-16-5-2-6-17-34)14-11-22-19-35(33-26(22)25)27(21-7-3-1-4-8-21)28(36)32-29-31-15-18-37-29/h1,3-4,7-15,18-19,27H,2,5-6,16-17H2,(H,31,32,36). The van der Waals surface area contributed by atoms with Gasteiger partial charge in [-0.2, -0.15) is 5.10 Å². The molecule has 0 radical (unpaired) electrons. The van der Waals surface area contributed by atoms with E-state index in [1.54, 1.807) is 23.8 Å². The zero-order chi connectivity index (χ0) is 25.2. The van der Waals surface area contributed by atoms with E-state index in [-0.39, 0.29) is 11.4 Å². The Morgan fingerprint density at radius 2 is 1.76 bits per heavy atom. The minimum Gasteiger partial charge on any atom is -0.372 e. The van der Waals surface area contributed by atoms with Crippen molar-refractivity contribution in [2.45, 2.75) is 25.3 Å². The maximum absolute atomic E-state index is 15.8. The van der Waals surface area contributed by atoms with Crippen molar-refractivity contribution in [1.29, 1.82) is 0 Å². The minimum atomic E-state index is -0.774. The van der Waals surface area contributed by atoms with E-state index >= 15 is 4.39 Å². The van der Waals surface area contributed by atoms with E-state index in [1.165, 1.54) is 41.0 Å². The zero-order valence-corrected chi connectivity index (χ0v) is 21.0. The van der Waals surface area contributed by atoms with Gasteiger partial charge >= 0.3 is 0 Å². The van der Waals surface area contributed by atoms with Crippen LogP contribution in [0.3, 0.4) is 0 Å². The van der Waals surface area contributed by atoms with Crippen LogP contribution in [-0.4, -0.2) is 33.8 Å². The molecule has 1 aliphatic rings. The van der Waals surface area contributed by atoms with Crippen LogP contribution < -0.4 is 10.2 Å². The Kier molecular flexibility index (Phi) is 6.40. The fraction of sp³-hybridized carbons (Fsp3) is 0.207. The lowest BCUT2D eigenvalue weighted by molar-refractivity contribution is -0.118. The van der Waals surface area contributed by atoms with Crippen molar-refractivity contribution in [2.24, 2.45) is 0 Å². The van der Waals surface area contributed by atoms with Crippen LogP contribution in [0.4, 0.5) is 15.2 Å². The number of carbonyl (C=O) groups excluding carboxylic acids is 1. The summed E-state index contributed by atoms with van der Waals surface area (Å²) in [6.07, 6.45) is 7.06. The van der Waals surface area contributed by atoms with Crippen LogP contribution in [-0.2, 0) is 4.79 Å². The molecule has 1 unspecified atom stereocenters. The van der Waals surface area contributed by atoms with Crippen molar-refractivity contribution in [1.82, 2.24) is 14.8 Å². The number of nitrogens with zero attached hydrogens (tertiary/aromatic N) is 4. The Balaban J connectivity index is 1.34. The molecule has 1 fully saturated rings. The summed E-state index contributed by atoms with van der Waals surface area (Å²) in [6, 6.07) is 20.3. The van der Waals surface area contributed by atoms with E-state index in [1.807, 2.05) is 48.5 Å². The summed E-state index contributed by atoms with van der Waals surface area (Å²) >= 11 is 1.34. The van der Waals surface area contributed by atoms with Crippen LogP contribution in [0.15, 0.2) is 84.5 Å². The molecule has 1 aliphatic heterocycles. The lowest BCUT2D eigenvalue weighted by atomic mass is 10.0. The maximum atomic E-state index is 15.8. The quantitative estimate of drug-likeness (QED) is 0.282. The van der Waals surface area contributed by atoms with Gasteiger partial charge in [0.25, 0.3) is 5.91 Å².